The van der Waals surface area contributed by atoms with E-state index in [1.54, 1.807) is 4.90 Å². The van der Waals surface area contributed by atoms with Crippen molar-refractivity contribution in [2.45, 2.75) is 44.7 Å². The Hall–Kier alpha value is -3.17. The second-order valence-electron chi connectivity index (χ2n) is 11.5. The number of hydrogen-bond acceptors (Lipinski definition) is 8. The highest BCUT2D eigenvalue weighted by molar-refractivity contribution is 14.1. The third-order valence-electron chi connectivity index (χ3n) is 8.55. The van der Waals surface area contributed by atoms with Crippen molar-refractivity contribution in [3.05, 3.63) is 59.3 Å². The van der Waals surface area contributed by atoms with Gasteiger partial charge in [-0.15, -0.1) is 0 Å². The predicted molar refractivity (Wildman–Crippen MR) is 175 cm³/mol. The van der Waals surface area contributed by atoms with Crippen molar-refractivity contribution < 1.29 is 9.53 Å². The normalized spacial score (nSPS) is 18.5. The first-order valence-corrected chi connectivity index (χ1v) is 16.3. The number of amides is 1. The lowest BCUT2D eigenvalue weighted by Crippen LogP contribution is -2.45. The molecule has 1 unspecified atom stereocenters. The van der Waals surface area contributed by atoms with Crippen LogP contribution < -0.4 is 14.5 Å². The van der Waals surface area contributed by atoms with E-state index >= 15 is 0 Å². The molecule has 1 saturated heterocycles. The van der Waals surface area contributed by atoms with E-state index in [9.17, 15) is 10.1 Å². The molecule has 0 saturated carbocycles. The van der Waals surface area contributed by atoms with Gasteiger partial charge in [0.05, 0.1) is 41.9 Å². The van der Waals surface area contributed by atoms with Gasteiger partial charge in [0.15, 0.2) is 0 Å². The number of halogens is 1. The predicted octanol–water partition coefficient (Wildman–Crippen LogP) is 4.45. The SMILES string of the molecule is C=CC(=O)N(CI)C(CC#N)CN(C)c1nc(OC[C@H]2CCN(C)C2)nc2c1CCN(c1cccc3c1CCC=C3)C2. The van der Waals surface area contributed by atoms with Crippen LogP contribution in [-0.2, 0) is 24.2 Å². The van der Waals surface area contributed by atoms with Crippen molar-refractivity contribution in [2.75, 3.05) is 61.2 Å². The molecule has 42 heavy (non-hydrogen) atoms. The molecule has 9 nitrogen and oxygen atoms in total. The van der Waals surface area contributed by atoms with Crippen LogP contribution in [0.4, 0.5) is 11.5 Å². The molecule has 2 atom stereocenters. The zero-order chi connectivity index (χ0) is 29.6. The Bertz CT molecular complexity index is 1370. The smallest absolute Gasteiger partial charge is 0.318 e. The van der Waals surface area contributed by atoms with Crippen LogP contribution >= 0.6 is 22.6 Å². The first kappa shape index (κ1) is 30.3. The summed E-state index contributed by atoms with van der Waals surface area (Å²) in [5.74, 6) is 1.10. The Morgan fingerprint density at radius 1 is 1.31 bits per heavy atom. The average Bonchev–Trinajstić information content (AvgIpc) is 3.44. The molecule has 1 aromatic heterocycles. The molecule has 0 spiro atoms. The monoisotopic (exact) mass is 681 g/mol. The Morgan fingerprint density at radius 3 is 2.90 bits per heavy atom. The summed E-state index contributed by atoms with van der Waals surface area (Å²) in [4.78, 5) is 31.0. The van der Waals surface area contributed by atoms with E-state index in [1.807, 2.05) is 7.05 Å². The maximum absolute atomic E-state index is 12.6. The van der Waals surface area contributed by atoms with Gasteiger partial charge in [-0.05, 0) is 62.5 Å². The Balaban J connectivity index is 1.45. The highest BCUT2D eigenvalue weighted by Crippen LogP contribution is 2.35. The highest BCUT2D eigenvalue weighted by atomic mass is 127. The van der Waals surface area contributed by atoms with Crippen LogP contribution in [-0.4, -0.2) is 83.1 Å². The van der Waals surface area contributed by atoms with Crippen molar-refractivity contribution in [3.8, 4) is 12.1 Å². The number of nitriles is 1. The molecule has 0 radical (unpaired) electrons. The van der Waals surface area contributed by atoms with Crippen molar-refractivity contribution >= 4 is 46.1 Å². The number of allylic oxidation sites excluding steroid dienone is 1. The van der Waals surface area contributed by atoms with Gasteiger partial charge in [0, 0.05) is 43.9 Å². The summed E-state index contributed by atoms with van der Waals surface area (Å²) in [6, 6.07) is 8.94. The quantitative estimate of drug-likeness (QED) is 0.149. The van der Waals surface area contributed by atoms with E-state index in [1.165, 1.54) is 22.9 Å². The lowest BCUT2D eigenvalue weighted by molar-refractivity contribution is -0.126. The van der Waals surface area contributed by atoms with Gasteiger partial charge in [-0.3, -0.25) is 4.79 Å². The number of alkyl halides is 1. The largest absolute Gasteiger partial charge is 0.463 e. The molecule has 1 fully saturated rings. The number of anilines is 2. The summed E-state index contributed by atoms with van der Waals surface area (Å²) < 4.78 is 6.74. The average molecular weight is 682 g/mol. The van der Waals surface area contributed by atoms with Crippen LogP contribution in [0.25, 0.3) is 6.08 Å². The number of nitrogens with zero attached hydrogens (tertiary/aromatic N) is 7. The van der Waals surface area contributed by atoms with Gasteiger partial charge in [-0.25, -0.2) is 0 Å². The van der Waals surface area contributed by atoms with Gasteiger partial charge >= 0.3 is 6.01 Å². The number of likely N-dealkylation sites (N-methyl/N-ethyl adjacent to an activating group) is 1. The fraction of sp³-hybridized carbons (Fsp3) is 0.500. The minimum absolute atomic E-state index is 0.176. The number of hydrogen-bond donors (Lipinski definition) is 0. The molecule has 3 heterocycles. The van der Waals surface area contributed by atoms with Crippen LogP contribution in [0.3, 0.4) is 0 Å². The number of benzene rings is 1. The number of ether oxygens (including phenoxy) is 1. The van der Waals surface area contributed by atoms with E-state index < -0.39 is 0 Å². The Labute approximate surface area is 263 Å². The van der Waals surface area contributed by atoms with E-state index in [0.29, 0.717) is 36.2 Å². The molecular formula is C32H40IN7O2. The fourth-order valence-corrected chi connectivity index (χ4v) is 7.21. The zero-order valence-corrected chi connectivity index (χ0v) is 26.8. The number of aromatic nitrogens is 2. The standard InChI is InChI=1S/C32H40IN7O2/c1-4-30(41)40(22-33)25(12-15-34)19-38(3)31-27-14-17-39(29-11-7-9-24-8-5-6-10-26(24)29)20-28(27)35-32(36-31)42-21-23-13-16-37(2)18-23/h4-5,7-9,11,23,25H,1,6,10,12-14,16-22H2,2-3H3/t23-,25?/m0/s1. The summed E-state index contributed by atoms with van der Waals surface area (Å²) in [5, 5.41) is 9.58. The Kier molecular flexibility index (Phi) is 10.0. The van der Waals surface area contributed by atoms with Crippen molar-refractivity contribution in [3.63, 3.8) is 0 Å². The van der Waals surface area contributed by atoms with Crippen LogP contribution in [0.15, 0.2) is 36.9 Å². The molecule has 2 aliphatic heterocycles. The van der Waals surface area contributed by atoms with Crippen LogP contribution in [0, 0.1) is 17.2 Å². The second kappa shape index (κ2) is 13.9. The highest BCUT2D eigenvalue weighted by Gasteiger charge is 2.29. The fourth-order valence-electron chi connectivity index (χ4n) is 6.32. The van der Waals surface area contributed by atoms with Crippen molar-refractivity contribution in [2.24, 2.45) is 5.92 Å². The van der Waals surface area contributed by atoms with Gasteiger partial charge < -0.3 is 24.3 Å². The summed E-state index contributed by atoms with van der Waals surface area (Å²) >= 11 is 2.17. The van der Waals surface area contributed by atoms with E-state index in [0.717, 1.165) is 62.4 Å². The maximum Gasteiger partial charge on any atom is 0.318 e. The molecule has 3 aliphatic rings. The summed E-state index contributed by atoms with van der Waals surface area (Å²) in [7, 11) is 4.13. The molecule has 222 valence electrons. The molecule has 1 amide bonds. The lowest BCUT2D eigenvalue weighted by Gasteiger charge is -2.36. The van der Waals surface area contributed by atoms with E-state index in [-0.39, 0.29) is 18.4 Å². The van der Waals surface area contributed by atoms with Gasteiger partial charge in [-0.1, -0.05) is 53.5 Å². The summed E-state index contributed by atoms with van der Waals surface area (Å²) in [6.07, 6.45) is 10.0. The van der Waals surface area contributed by atoms with E-state index in [4.69, 9.17) is 14.7 Å². The molecule has 2 aromatic rings. The maximum atomic E-state index is 12.6. The molecular weight excluding hydrogens is 641 g/mol. The first-order valence-electron chi connectivity index (χ1n) is 14.7. The number of likely N-dealkylation sites (tertiary alicyclic amines) is 1. The molecule has 0 N–H and O–H groups in total. The minimum atomic E-state index is -0.296. The summed E-state index contributed by atoms with van der Waals surface area (Å²) in [5.41, 5.74) is 6.07. The van der Waals surface area contributed by atoms with E-state index in [2.05, 4.69) is 87.3 Å². The molecule has 5 rings (SSSR count). The first-order chi connectivity index (χ1) is 20.4. The number of rotatable bonds is 11. The number of carbonyl (C=O) groups excluding carboxylic acids is 1. The van der Waals surface area contributed by atoms with Crippen molar-refractivity contribution in [1.29, 1.82) is 5.26 Å². The molecule has 10 heteroatoms. The zero-order valence-electron chi connectivity index (χ0n) is 24.6. The van der Waals surface area contributed by atoms with Crippen LogP contribution in [0.5, 0.6) is 6.01 Å². The van der Waals surface area contributed by atoms with Gasteiger partial charge in [0.1, 0.15) is 5.82 Å². The number of fused-ring (bicyclic) bond motifs is 2. The minimum Gasteiger partial charge on any atom is -0.463 e. The summed E-state index contributed by atoms with van der Waals surface area (Å²) in [6.45, 7) is 8.34. The topological polar surface area (TPSA) is 88.8 Å². The Morgan fingerprint density at radius 2 is 2.17 bits per heavy atom. The third kappa shape index (κ3) is 6.73. The second-order valence-corrected chi connectivity index (χ2v) is 12.2. The van der Waals surface area contributed by atoms with Crippen molar-refractivity contribution in [1.82, 2.24) is 19.8 Å². The molecule has 0 bridgehead atoms. The number of carbonyl (C=O) groups is 1. The van der Waals surface area contributed by atoms with Crippen LogP contribution in [0.1, 0.15) is 41.6 Å². The van der Waals surface area contributed by atoms with Gasteiger partial charge in [0.2, 0.25) is 5.91 Å². The van der Waals surface area contributed by atoms with Crippen LogP contribution in [0.2, 0.25) is 0 Å². The molecule has 1 aliphatic carbocycles. The van der Waals surface area contributed by atoms with Gasteiger partial charge in [0.25, 0.3) is 0 Å². The third-order valence-corrected chi connectivity index (χ3v) is 9.28. The molecule has 1 aromatic carbocycles. The van der Waals surface area contributed by atoms with Gasteiger partial charge in [-0.2, -0.15) is 15.2 Å². The lowest BCUT2D eigenvalue weighted by atomic mass is 9.94.